The molecule has 114 valence electrons. The summed E-state index contributed by atoms with van der Waals surface area (Å²) in [4.78, 5) is 4.47. The Morgan fingerprint density at radius 2 is 2.14 bits per heavy atom. The van der Waals surface area contributed by atoms with Gasteiger partial charge in [-0.3, -0.25) is 0 Å². The predicted octanol–water partition coefficient (Wildman–Crippen LogP) is 4.70. The SMILES string of the molecule is CCCC(CCCl)CNc1nccc2cc(OC)ccc12. The molecule has 0 amide bonds. The van der Waals surface area contributed by atoms with E-state index in [0.717, 1.165) is 35.3 Å². The Hall–Kier alpha value is -1.48. The number of fused-ring (bicyclic) bond motifs is 1. The lowest BCUT2D eigenvalue weighted by atomic mass is 10.0. The van der Waals surface area contributed by atoms with Gasteiger partial charge in [-0.2, -0.15) is 0 Å². The van der Waals surface area contributed by atoms with E-state index in [0.29, 0.717) is 11.8 Å². The van der Waals surface area contributed by atoms with Gasteiger partial charge in [-0.25, -0.2) is 4.98 Å². The van der Waals surface area contributed by atoms with Crippen molar-refractivity contribution in [2.45, 2.75) is 26.2 Å². The summed E-state index contributed by atoms with van der Waals surface area (Å²) >= 11 is 5.88. The van der Waals surface area contributed by atoms with Crippen molar-refractivity contribution in [3.05, 3.63) is 30.5 Å². The van der Waals surface area contributed by atoms with E-state index < -0.39 is 0 Å². The number of aromatic nitrogens is 1. The van der Waals surface area contributed by atoms with Crippen LogP contribution in [0.2, 0.25) is 0 Å². The number of anilines is 1. The topological polar surface area (TPSA) is 34.2 Å². The number of alkyl halides is 1. The van der Waals surface area contributed by atoms with Crippen LogP contribution in [0.5, 0.6) is 5.75 Å². The first-order chi connectivity index (χ1) is 10.3. The molecule has 0 radical (unpaired) electrons. The maximum atomic E-state index is 5.88. The first-order valence-electron chi connectivity index (χ1n) is 7.51. The fourth-order valence-corrected chi connectivity index (χ4v) is 2.88. The second kappa shape index (κ2) is 8.08. The molecule has 1 unspecified atom stereocenters. The number of hydrogen-bond donors (Lipinski definition) is 1. The van der Waals surface area contributed by atoms with Crippen molar-refractivity contribution in [1.29, 1.82) is 0 Å². The van der Waals surface area contributed by atoms with Crippen LogP contribution in [0.15, 0.2) is 30.5 Å². The molecule has 0 saturated heterocycles. The summed E-state index contributed by atoms with van der Waals surface area (Å²) in [6.07, 6.45) is 5.25. The van der Waals surface area contributed by atoms with Gasteiger partial charge in [0.1, 0.15) is 11.6 Å². The Kier molecular flexibility index (Phi) is 6.12. The number of benzene rings is 1. The van der Waals surface area contributed by atoms with E-state index in [-0.39, 0.29) is 0 Å². The highest BCUT2D eigenvalue weighted by molar-refractivity contribution is 6.17. The second-order valence-electron chi connectivity index (χ2n) is 5.26. The maximum absolute atomic E-state index is 5.88. The molecule has 0 fully saturated rings. The van der Waals surface area contributed by atoms with E-state index >= 15 is 0 Å². The lowest BCUT2D eigenvalue weighted by Crippen LogP contribution is -2.15. The van der Waals surface area contributed by atoms with Gasteiger partial charge in [0.05, 0.1) is 7.11 Å². The van der Waals surface area contributed by atoms with Gasteiger partial charge in [0, 0.05) is 24.0 Å². The molecule has 1 aromatic heterocycles. The third-order valence-electron chi connectivity index (χ3n) is 3.74. The summed E-state index contributed by atoms with van der Waals surface area (Å²) < 4.78 is 5.27. The van der Waals surface area contributed by atoms with Crippen molar-refractivity contribution in [3.63, 3.8) is 0 Å². The van der Waals surface area contributed by atoms with Gasteiger partial charge >= 0.3 is 0 Å². The molecular formula is C17H23ClN2O. The van der Waals surface area contributed by atoms with Gasteiger partial charge in [-0.1, -0.05) is 13.3 Å². The number of methoxy groups -OCH3 is 1. The minimum absolute atomic E-state index is 0.600. The smallest absolute Gasteiger partial charge is 0.133 e. The summed E-state index contributed by atoms with van der Waals surface area (Å²) in [6, 6.07) is 8.06. The fourth-order valence-electron chi connectivity index (χ4n) is 2.58. The Labute approximate surface area is 131 Å². The number of nitrogens with one attached hydrogen (secondary N) is 1. The van der Waals surface area contributed by atoms with Gasteiger partial charge in [-0.15, -0.1) is 11.6 Å². The summed E-state index contributed by atoms with van der Waals surface area (Å²) in [5, 5.41) is 5.74. The van der Waals surface area contributed by atoms with E-state index in [9.17, 15) is 0 Å². The quantitative estimate of drug-likeness (QED) is 0.718. The minimum atomic E-state index is 0.600. The molecule has 1 N–H and O–H groups in total. The molecule has 4 heteroatoms. The van der Waals surface area contributed by atoms with E-state index in [1.807, 2.05) is 24.4 Å². The Balaban J connectivity index is 2.14. The molecule has 2 rings (SSSR count). The number of hydrogen-bond acceptors (Lipinski definition) is 3. The van der Waals surface area contributed by atoms with Crippen LogP contribution < -0.4 is 10.1 Å². The van der Waals surface area contributed by atoms with E-state index in [4.69, 9.17) is 16.3 Å². The average molecular weight is 307 g/mol. The third kappa shape index (κ3) is 4.24. The summed E-state index contributed by atoms with van der Waals surface area (Å²) in [7, 11) is 1.68. The van der Waals surface area contributed by atoms with Crippen LogP contribution >= 0.6 is 11.6 Å². The number of ether oxygens (including phenoxy) is 1. The molecule has 0 aliphatic heterocycles. The number of nitrogens with zero attached hydrogens (tertiary/aromatic N) is 1. The number of rotatable bonds is 8. The van der Waals surface area contributed by atoms with Crippen LogP contribution in [0.1, 0.15) is 26.2 Å². The molecule has 2 aromatic rings. The largest absolute Gasteiger partial charge is 0.497 e. The van der Waals surface area contributed by atoms with Crippen LogP contribution in [0.4, 0.5) is 5.82 Å². The van der Waals surface area contributed by atoms with Crippen molar-refractivity contribution in [1.82, 2.24) is 4.98 Å². The van der Waals surface area contributed by atoms with Crippen molar-refractivity contribution < 1.29 is 4.74 Å². The lowest BCUT2D eigenvalue weighted by Gasteiger charge is -2.17. The van der Waals surface area contributed by atoms with Gasteiger partial charge in [-0.05, 0) is 48.4 Å². The van der Waals surface area contributed by atoms with Crippen LogP contribution in [0.25, 0.3) is 10.8 Å². The van der Waals surface area contributed by atoms with E-state index in [2.05, 4.69) is 23.3 Å². The van der Waals surface area contributed by atoms with Crippen molar-refractivity contribution in [3.8, 4) is 5.75 Å². The van der Waals surface area contributed by atoms with Crippen molar-refractivity contribution in [2.75, 3.05) is 24.9 Å². The Bertz CT molecular complexity index is 568. The zero-order chi connectivity index (χ0) is 15.1. The molecule has 0 aliphatic carbocycles. The summed E-state index contributed by atoms with van der Waals surface area (Å²) in [5.41, 5.74) is 0. The molecule has 3 nitrogen and oxygen atoms in total. The van der Waals surface area contributed by atoms with Crippen molar-refractivity contribution >= 4 is 28.2 Å². The molecule has 1 atom stereocenters. The highest BCUT2D eigenvalue weighted by Crippen LogP contribution is 2.25. The van der Waals surface area contributed by atoms with Gasteiger partial charge in [0.2, 0.25) is 0 Å². The molecular weight excluding hydrogens is 284 g/mol. The zero-order valence-electron chi connectivity index (χ0n) is 12.7. The number of pyridine rings is 1. The van der Waals surface area contributed by atoms with Crippen molar-refractivity contribution in [2.24, 2.45) is 5.92 Å². The summed E-state index contributed by atoms with van der Waals surface area (Å²) in [5.74, 6) is 3.12. The van der Waals surface area contributed by atoms with E-state index in [1.165, 1.54) is 12.8 Å². The molecule has 0 saturated carbocycles. The fraction of sp³-hybridized carbons (Fsp3) is 0.471. The second-order valence-corrected chi connectivity index (χ2v) is 5.64. The van der Waals surface area contributed by atoms with E-state index in [1.54, 1.807) is 7.11 Å². The maximum Gasteiger partial charge on any atom is 0.133 e. The first kappa shape index (κ1) is 15.9. The molecule has 1 heterocycles. The molecule has 1 aromatic carbocycles. The van der Waals surface area contributed by atoms with Crippen LogP contribution in [0.3, 0.4) is 0 Å². The third-order valence-corrected chi connectivity index (χ3v) is 3.96. The Morgan fingerprint density at radius 3 is 2.86 bits per heavy atom. The van der Waals surface area contributed by atoms with Gasteiger partial charge in [0.15, 0.2) is 0 Å². The normalized spacial score (nSPS) is 12.3. The number of halogens is 1. The zero-order valence-corrected chi connectivity index (χ0v) is 13.5. The average Bonchev–Trinajstić information content (AvgIpc) is 2.52. The Morgan fingerprint density at radius 1 is 1.29 bits per heavy atom. The molecule has 0 spiro atoms. The van der Waals surface area contributed by atoms with Crippen LogP contribution in [0, 0.1) is 5.92 Å². The highest BCUT2D eigenvalue weighted by atomic mass is 35.5. The van der Waals surface area contributed by atoms with Gasteiger partial charge in [0.25, 0.3) is 0 Å². The first-order valence-corrected chi connectivity index (χ1v) is 8.04. The standard InChI is InChI=1S/C17H23ClN2O/c1-3-4-13(7-9-18)12-20-17-16-6-5-15(21-2)11-14(16)8-10-19-17/h5-6,8,10-11,13H,3-4,7,9,12H2,1-2H3,(H,19,20). The monoisotopic (exact) mass is 306 g/mol. The predicted molar refractivity (Wildman–Crippen MR) is 90.5 cm³/mol. The minimum Gasteiger partial charge on any atom is -0.497 e. The highest BCUT2D eigenvalue weighted by Gasteiger charge is 2.09. The summed E-state index contributed by atoms with van der Waals surface area (Å²) in [6.45, 7) is 3.13. The van der Waals surface area contributed by atoms with Crippen LogP contribution in [-0.2, 0) is 0 Å². The molecule has 0 aliphatic rings. The van der Waals surface area contributed by atoms with Gasteiger partial charge < -0.3 is 10.1 Å². The molecule has 0 bridgehead atoms. The van der Waals surface area contributed by atoms with Crippen LogP contribution in [-0.4, -0.2) is 24.5 Å². The molecule has 21 heavy (non-hydrogen) atoms. The lowest BCUT2D eigenvalue weighted by molar-refractivity contribution is 0.415.